The summed E-state index contributed by atoms with van der Waals surface area (Å²) in [7, 11) is -3.75. The van der Waals surface area contributed by atoms with E-state index >= 15 is 0 Å². The Morgan fingerprint density at radius 3 is 2.79 bits per heavy atom. The third kappa shape index (κ3) is 3.82. The molecular formula is C20H27FN2O4S. The smallest absolute Gasteiger partial charge is 0.249 e. The van der Waals surface area contributed by atoms with Crippen molar-refractivity contribution >= 4 is 15.9 Å². The van der Waals surface area contributed by atoms with Crippen molar-refractivity contribution in [3.63, 3.8) is 0 Å². The van der Waals surface area contributed by atoms with E-state index in [-0.39, 0.29) is 16.7 Å². The number of halogens is 1. The number of benzene rings is 1. The second-order valence-electron chi connectivity index (χ2n) is 8.37. The van der Waals surface area contributed by atoms with Crippen LogP contribution in [0.25, 0.3) is 0 Å². The van der Waals surface area contributed by atoms with E-state index in [1.54, 1.807) is 0 Å². The minimum absolute atomic E-state index is 0.0275. The molecule has 1 unspecified atom stereocenters. The van der Waals surface area contributed by atoms with Gasteiger partial charge < -0.3 is 10.1 Å². The van der Waals surface area contributed by atoms with Gasteiger partial charge in [0.2, 0.25) is 15.9 Å². The van der Waals surface area contributed by atoms with E-state index in [4.69, 9.17) is 4.74 Å². The number of ether oxygens (including phenoxy) is 1. The maximum Gasteiger partial charge on any atom is 0.249 e. The van der Waals surface area contributed by atoms with E-state index in [9.17, 15) is 17.6 Å². The van der Waals surface area contributed by atoms with Crippen molar-refractivity contribution in [3.8, 4) is 0 Å². The lowest BCUT2D eigenvalue weighted by Crippen LogP contribution is -2.53. The van der Waals surface area contributed by atoms with Crippen molar-refractivity contribution in [1.29, 1.82) is 0 Å². The fourth-order valence-electron chi connectivity index (χ4n) is 4.31. The van der Waals surface area contributed by atoms with Gasteiger partial charge in [0.15, 0.2) is 0 Å². The van der Waals surface area contributed by atoms with Gasteiger partial charge >= 0.3 is 0 Å². The number of rotatable bonds is 5. The van der Waals surface area contributed by atoms with Crippen LogP contribution in [-0.4, -0.2) is 50.0 Å². The Kier molecular flexibility index (Phi) is 5.22. The highest BCUT2D eigenvalue weighted by molar-refractivity contribution is 7.89. The molecule has 28 heavy (non-hydrogen) atoms. The number of carbonyl (C=O) groups is 1. The van der Waals surface area contributed by atoms with Crippen LogP contribution in [-0.2, 0) is 19.6 Å². The molecule has 1 aliphatic carbocycles. The summed E-state index contributed by atoms with van der Waals surface area (Å²) in [6.07, 6.45) is 3.87. The summed E-state index contributed by atoms with van der Waals surface area (Å²) in [4.78, 5) is 12.3. The highest BCUT2D eigenvalue weighted by Gasteiger charge is 2.50. The quantitative estimate of drug-likeness (QED) is 0.808. The van der Waals surface area contributed by atoms with E-state index in [0.29, 0.717) is 31.8 Å². The van der Waals surface area contributed by atoms with Gasteiger partial charge in [-0.1, -0.05) is 13.0 Å². The average Bonchev–Trinajstić information content (AvgIpc) is 3.40. The van der Waals surface area contributed by atoms with Crippen LogP contribution < -0.4 is 5.32 Å². The molecule has 154 valence electrons. The van der Waals surface area contributed by atoms with E-state index in [2.05, 4.69) is 5.32 Å². The van der Waals surface area contributed by atoms with Crippen molar-refractivity contribution in [2.45, 2.75) is 55.6 Å². The van der Waals surface area contributed by atoms with Crippen molar-refractivity contribution in [2.24, 2.45) is 11.8 Å². The Morgan fingerprint density at radius 2 is 2.11 bits per heavy atom. The topological polar surface area (TPSA) is 75.7 Å². The minimum atomic E-state index is -3.75. The zero-order chi connectivity index (χ0) is 19.9. The van der Waals surface area contributed by atoms with E-state index in [0.717, 1.165) is 19.0 Å². The summed E-state index contributed by atoms with van der Waals surface area (Å²) < 4.78 is 46.8. The first-order valence-corrected chi connectivity index (χ1v) is 11.5. The lowest BCUT2D eigenvalue weighted by molar-refractivity contribution is -0.145. The van der Waals surface area contributed by atoms with Gasteiger partial charge in [-0.2, -0.15) is 4.31 Å². The van der Waals surface area contributed by atoms with Crippen molar-refractivity contribution in [2.75, 3.05) is 19.6 Å². The largest absolute Gasteiger partial charge is 0.362 e. The van der Waals surface area contributed by atoms with Crippen LogP contribution in [0.2, 0.25) is 0 Å². The number of piperidine rings is 1. The molecule has 0 aromatic heterocycles. The fourth-order valence-corrected chi connectivity index (χ4v) is 5.87. The van der Waals surface area contributed by atoms with Gasteiger partial charge in [0.25, 0.3) is 0 Å². The first kappa shape index (κ1) is 19.8. The molecule has 3 fully saturated rings. The van der Waals surface area contributed by atoms with Gasteiger partial charge in [0.05, 0.1) is 10.5 Å². The van der Waals surface area contributed by atoms with Crippen LogP contribution in [0.1, 0.15) is 39.0 Å². The molecule has 0 bridgehead atoms. The normalized spacial score (nSPS) is 31.2. The molecular weight excluding hydrogens is 383 g/mol. The highest BCUT2D eigenvalue weighted by atomic mass is 32.2. The molecule has 1 aromatic rings. The average molecular weight is 411 g/mol. The summed E-state index contributed by atoms with van der Waals surface area (Å²) in [5.74, 6) is -0.0483. The Morgan fingerprint density at radius 1 is 1.32 bits per heavy atom. The van der Waals surface area contributed by atoms with Gasteiger partial charge in [-0.05, 0) is 62.1 Å². The first-order chi connectivity index (χ1) is 13.3. The molecule has 3 aliphatic rings. The lowest BCUT2D eigenvalue weighted by atomic mass is 9.81. The van der Waals surface area contributed by atoms with Crippen molar-refractivity contribution in [3.05, 3.63) is 30.1 Å². The van der Waals surface area contributed by atoms with E-state index < -0.39 is 27.5 Å². The van der Waals surface area contributed by atoms with E-state index in [1.807, 2.05) is 6.92 Å². The molecule has 1 aromatic carbocycles. The van der Waals surface area contributed by atoms with Crippen LogP contribution in [0.5, 0.6) is 0 Å². The maximum absolute atomic E-state index is 13.5. The molecule has 0 radical (unpaired) electrons. The molecule has 1 saturated carbocycles. The molecule has 3 atom stereocenters. The second-order valence-corrected chi connectivity index (χ2v) is 10.3. The predicted octanol–water partition coefficient (Wildman–Crippen LogP) is 2.30. The van der Waals surface area contributed by atoms with E-state index in [1.165, 1.54) is 35.3 Å². The monoisotopic (exact) mass is 410 g/mol. The third-order valence-corrected chi connectivity index (χ3v) is 8.22. The summed E-state index contributed by atoms with van der Waals surface area (Å²) in [5, 5.41) is 2.98. The minimum Gasteiger partial charge on any atom is -0.362 e. The van der Waals surface area contributed by atoms with Crippen LogP contribution in [0.3, 0.4) is 0 Å². The van der Waals surface area contributed by atoms with Gasteiger partial charge in [-0.3, -0.25) is 4.79 Å². The van der Waals surface area contributed by atoms with Crippen LogP contribution in [0.15, 0.2) is 29.2 Å². The standard InChI is InChI=1S/C20H27FN2O4S/c1-14-13-23(28(25,26)17-4-2-3-16(21)11-17)10-9-20(14)8-7-18(27-20)19(24)22-12-15-5-6-15/h2-4,11,14-15,18H,5-10,12-13H2,1H3,(H,22,24)/t14-,18?,20+/m1/s1. The number of nitrogens with zero attached hydrogens (tertiary/aromatic N) is 1. The molecule has 1 N–H and O–H groups in total. The fraction of sp³-hybridized carbons (Fsp3) is 0.650. The SMILES string of the molecule is C[C@@H]1CN(S(=O)(=O)c2cccc(F)c2)CC[C@@]12CCC(C(=O)NCC1CC1)O2. The van der Waals surface area contributed by atoms with Crippen LogP contribution >= 0.6 is 0 Å². The Bertz CT molecular complexity index is 858. The zero-order valence-corrected chi connectivity index (χ0v) is 16.9. The van der Waals surface area contributed by atoms with Gasteiger partial charge in [0.1, 0.15) is 11.9 Å². The Balaban J connectivity index is 1.40. The zero-order valence-electron chi connectivity index (χ0n) is 16.1. The summed E-state index contributed by atoms with van der Waals surface area (Å²) in [5.41, 5.74) is -0.463. The van der Waals surface area contributed by atoms with Crippen LogP contribution in [0.4, 0.5) is 4.39 Å². The lowest BCUT2D eigenvalue weighted by Gasteiger charge is -2.43. The summed E-state index contributed by atoms with van der Waals surface area (Å²) >= 11 is 0. The maximum atomic E-state index is 13.5. The molecule has 2 heterocycles. The third-order valence-electron chi connectivity index (χ3n) is 6.35. The van der Waals surface area contributed by atoms with Gasteiger partial charge in [-0.25, -0.2) is 12.8 Å². The van der Waals surface area contributed by atoms with Crippen molar-refractivity contribution in [1.82, 2.24) is 9.62 Å². The van der Waals surface area contributed by atoms with Gasteiger partial charge in [-0.15, -0.1) is 0 Å². The molecule has 8 heteroatoms. The molecule has 1 amide bonds. The summed E-state index contributed by atoms with van der Waals surface area (Å²) in [6, 6.07) is 5.10. The molecule has 6 nitrogen and oxygen atoms in total. The van der Waals surface area contributed by atoms with Crippen molar-refractivity contribution < 1.29 is 22.3 Å². The molecule has 4 rings (SSSR count). The van der Waals surface area contributed by atoms with Crippen LogP contribution in [0, 0.1) is 17.7 Å². The Labute approximate surface area is 165 Å². The molecule has 1 spiro atoms. The number of amides is 1. The number of sulfonamides is 1. The predicted molar refractivity (Wildman–Crippen MR) is 102 cm³/mol. The molecule has 2 aliphatic heterocycles. The molecule has 2 saturated heterocycles. The Hall–Kier alpha value is -1.51. The highest BCUT2D eigenvalue weighted by Crippen LogP contribution is 2.43. The number of hydrogen-bond acceptors (Lipinski definition) is 4. The van der Waals surface area contributed by atoms with Gasteiger partial charge in [0, 0.05) is 19.6 Å². The number of nitrogens with one attached hydrogen (secondary N) is 1. The first-order valence-electron chi connectivity index (χ1n) is 10.0. The number of hydrogen-bond donors (Lipinski definition) is 1. The summed E-state index contributed by atoms with van der Waals surface area (Å²) in [6.45, 7) is 3.30. The number of carbonyl (C=O) groups excluding carboxylic acids is 1. The second kappa shape index (κ2) is 7.39.